The number of nitrogens with zero attached hydrogens (tertiary/aromatic N) is 3. The zero-order valence-electron chi connectivity index (χ0n) is 16.8. The van der Waals surface area contributed by atoms with E-state index in [-0.39, 0.29) is 11.9 Å². The van der Waals surface area contributed by atoms with Crippen LogP contribution < -0.4 is 5.32 Å². The number of rotatable bonds is 3. The van der Waals surface area contributed by atoms with E-state index in [1.165, 1.54) is 12.1 Å². The highest BCUT2D eigenvalue weighted by molar-refractivity contribution is 5.89. The molecule has 31 heavy (non-hydrogen) atoms. The van der Waals surface area contributed by atoms with Gasteiger partial charge in [0.05, 0.1) is 11.5 Å². The van der Waals surface area contributed by atoms with Gasteiger partial charge in [-0.05, 0) is 50.1 Å². The topological polar surface area (TPSA) is 71.3 Å². The fourth-order valence-corrected chi connectivity index (χ4v) is 3.61. The number of amides is 2. The van der Waals surface area contributed by atoms with Crippen molar-refractivity contribution in [3.05, 3.63) is 65.5 Å². The minimum absolute atomic E-state index is 0.0989. The van der Waals surface area contributed by atoms with E-state index in [9.17, 15) is 18.0 Å². The standard InChI is InChI=1S/C22H21F3N4O2/c1-14-4-2-5-15(12-14)19-27-20(31-28-19)16-6-3-11-29(13-16)21(30)26-18-9-7-17(8-10-18)22(23,24)25/h2,4-5,7-10,12,16H,3,6,11,13H2,1H3,(H,26,30). The van der Waals surface area contributed by atoms with E-state index in [0.717, 1.165) is 36.1 Å². The van der Waals surface area contributed by atoms with Crippen LogP contribution in [0, 0.1) is 6.92 Å². The molecule has 9 heteroatoms. The van der Waals surface area contributed by atoms with Crippen molar-refractivity contribution in [3.63, 3.8) is 0 Å². The lowest BCUT2D eigenvalue weighted by atomic mass is 9.98. The number of nitrogens with one attached hydrogen (secondary N) is 1. The third kappa shape index (κ3) is 4.87. The van der Waals surface area contributed by atoms with E-state index in [2.05, 4.69) is 15.5 Å². The first-order valence-electron chi connectivity index (χ1n) is 9.93. The van der Waals surface area contributed by atoms with Gasteiger partial charge in [-0.3, -0.25) is 0 Å². The van der Waals surface area contributed by atoms with Crippen LogP contribution in [0.5, 0.6) is 0 Å². The molecule has 1 aliphatic rings. The molecule has 1 saturated heterocycles. The Morgan fingerprint density at radius 2 is 1.97 bits per heavy atom. The third-order valence-electron chi connectivity index (χ3n) is 5.24. The number of carbonyl (C=O) groups is 1. The number of alkyl halides is 3. The molecular weight excluding hydrogens is 409 g/mol. The maximum atomic E-state index is 12.7. The molecule has 1 unspecified atom stereocenters. The highest BCUT2D eigenvalue weighted by Gasteiger charge is 2.31. The summed E-state index contributed by atoms with van der Waals surface area (Å²) in [6, 6.07) is 11.8. The van der Waals surface area contributed by atoms with Crippen LogP contribution in [-0.4, -0.2) is 34.2 Å². The zero-order valence-corrected chi connectivity index (χ0v) is 16.8. The van der Waals surface area contributed by atoms with Gasteiger partial charge in [0.2, 0.25) is 11.7 Å². The third-order valence-corrected chi connectivity index (χ3v) is 5.24. The van der Waals surface area contributed by atoms with Crippen molar-refractivity contribution in [2.75, 3.05) is 18.4 Å². The number of likely N-dealkylation sites (tertiary alicyclic amines) is 1. The lowest BCUT2D eigenvalue weighted by molar-refractivity contribution is -0.137. The first-order valence-corrected chi connectivity index (χ1v) is 9.93. The summed E-state index contributed by atoms with van der Waals surface area (Å²) in [6.45, 7) is 2.92. The Morgan fingerprint density at radius 3 is 2.68 bits per heavy atom. The van der Waals surface area contributed by atoms with Crippen molar-refractivity contribution in [1.82, 2.24) is 15.0 Å². The molecule has 0 saturated carbocycles. The molecule has 0 spiro atoms. The number of halogens is 3. The lowest BCUT2D eigenvalue weighted by Gasteiger charge is -2.31. The summed E-state index contributed by atoms with van der Waals surface area (Å²) in [5.74, 6) is 0.881. The molecule has 1 N–H and O–H groups in total. The number of urea groups is 1. The maximum absolute atomic E-state index is 12.7. The van der Waals surface area contributed by atoms with Crippen LogP contribution in [0.15, 0.2) is 53.1 Å². The van der Waals surface area contributed by atoms with Gasteiger partial charge in [-0.15, -0.1) is 0 Å². The monoisotopic (exact) mass is 430 g/mol. The number of hydrogen-bond acceptors (Lipinski definition) is 4. The second-order valence-electron chi connectivity index (χ2n) is 7.62. The average molecular weight is 430 g/mol. The number of hydrogen-bond donors (Lipinski definition) is 1. The van der Waals surface area contributed by atoms with Crippen LogP contribution >= 0.6 is 0 Å². The van der Waals surface area contributed by atoms with E-state index in [0.29, 0.717) is 30.5 Å². The minimum atomic E-state index is -4.41. The van der Waals surface area contributed by atoms with Crippen molar-refractivity contribution >= 4 is 11.7 Å². The fraction of sp³-hybridized carbons (Fsp3) is 0.318. The molecule has 6 nitrogen and oxygen atoms in total. The molecule has 1 aliphatic heterocycles. The number of aromatic nitrogens is 2. The van der Waals surface area contributed by atoms with Gasteiger partial charge in [-0.25, -0.2) is 4.79 Å². The summed E-state index contributed by atoms with van der Waals surface area (Å²) >= 11 is 0. The highest BCUT2D eigenvalue weighted by Crippen LogP contribution is 2.31. The van der Waals surface area contributed by atoms with Crippen molar-refractivity contribution in [1.29, 1.82) is 0 Å². The normalized spacial score (nSPS) is 16.9. The van der Waals surface area contributed by atoms with E-state index >= 15 is 0 Å². The first-order chi connectivity index (χ1) is 14.8. The van der Waals surface area contributed by atoms with Gasteiger partial charge in [0.25, 0.3) is 0 Å². The largest absolute Gasteiger partial charge is 0.416 e. The van der Waals surface area contributed by atoms with Gasteiger partial charge in [-0.2, -0.15) is 18.2 Å². The quantitative estimate of drug-likeness (QED) is 0.598. The molecule has 1 fully saturated rings. The summed E-state index contributed by atoms with van der Waals surface area (Å²) in [4.78, 5) is 18.7. The van der Waals surface area contributed by atoms with Gasteiger partial charge < -0.3 is 14.7 Å². The number of aryl methyl sites for hydroxylation is 1. The summed E-state index contributed by atoms with van der Waals surface area (Å²) in [6.07, 6.45) is -2.85. The van der Waals surface area contributed by atoms with Crippen LogP contribution in [0.3, 0.4) is 0 Å². The molecule has 1 atom stereocenters. The molecule has 2 aromatic carbocycles. The smallest absolute Gasteiger partial charge is 0.339 e. The predicted molar refractivity (Wildman–Crippen MR) is 108 cm³/mol. The number of carbonyl (C=O) groups excluding carboxylic acids is 1. The summed E-state index contributed by atoms with van der Waals surface area (Å²) in [7, 11) is 0. The number of benzene rings is 2. The second kappa shape index (κ2) is 8.41. The van der Waals surface area contributed by atoms with Gasteiger partial charge in [0, 0.05) is 24.3 Å². The molecule has 3 aromatic rings. The molecule has 0 aliphatic carbocycles. The lowest BCUT2D eigenvalue weighted by Crippen LogP contribution is -2.41. The van der Waals surface area contributed by atoms with Crippen molar-refractivity contribution in [2.45, 2.75) is 31.9 Å². The Hall–Kier alpha value is -3.36. The Labute approximate surface area is 177 Å². The van der Waals surface area contributed by atoms with Crippen molar-refractivity contribution < 1.29 is 22.5 Å². The van der Waals surface area contributed by atoms with E-state index in [1.807, 2.05) is 31.2 Å². The van der Waals surface area contributed by atoms with Gasteiger partial charge in [0.15, 0.2) is 0 Å². The number of piperidine rings is 1. The molecule has 162 valence electrons. The molecule has 2 amide bonds. The Kier molecular flexibility index (Phi) is 5.67. The fourth-order valence-electron chi connectivity index (χ4n) is 3.61. The molecule has 2 heterocycles. The summed E-state index contributed by atoms with van der Waals surface area (Å²) in [5, 5.41) is 6.72. The van der Waals surface area contributed by atoms with Crippen LogP contribution in [0.1, 0.15) is 35.8 Å². The number of anilines is 1. The van der Waals surface area contributed by atoms with Gasteiger partial charge in [0.1, 0.15) is 0 Å². The van der Waals surface area contributed by atoms with E-state index in [1.54, 1.807) is 4.90 Å². The average Bonchev–Trinajstić information content (AvgIpc) is 3.24. The van der Waals surface area contributed by atoms with Crippen LogP contribution in [0.2, 0.25) is 0 Å². The maximum Gasteiger partial charge on any atom is 0.416 e. The van der Waals surface area contributed by atoms with Gasteiger partial charge >= 0.3 is 12.2 Å². The molecule has 1 aromatic heterocycles. The molecule has 0 bridgehead atoms. The van der Waals surface area contributed by atoms with Gasteiger partial charge in [-0.1, -0.05) is 28.9 Å². The SMILES string of the molecule is Cc1cccc(-c2noc(C3CCCN(C(=O)Nc4ccc(C(F)(F)F)cc4)C3)n2)c1. The van der Waals surface area contributed by atoms with Crippen molar-refractivity contribution in [3.8, 4) is 11.4 Å². The van der Waals surface area contributed by atoms with E-state index in [4.69, 9.17) is 4.52 Å². The summed E-state index contributed by atoms with van der Waals surface area (Å²) in [5.41, 5.74) is 1.50. The van der Waals surface area contributed by atoms with Crippen LogP contribution in [0.25, 0.3) is 11.4 Å². The van der Waals surface area contributed by atoms with Crippen LogP contribution in [-0.2, 0) is 6.18 Å². The van der Waals surface area contributed by atoms with Crippen LogP contribution in [0.4, 0.5) is 23.7 Å². The molecular formula is C22H21F3N4O2. The minimum Gasteiger partial charge on any atom is -0.339 e. The summed E-state index contributed by atoms with van der Waals surface area (Å²) < 4.78 is 43.5. The Morgan fingerprint density at radius 1 is 1.19 bits per heavy atom. The Balaban J connectivity index is 1.41. The highest BCUT2D eigenvalue weighted by atomic mass is 19.4. The molecule has 4 rings (SSSR count). The van der Waals surface area contributed by atoms with Crippen molar-refractivity contribution in [2.24, 2.45) is 0 Å². The Bertz CT molecular complexity index is 1060. The predicted octanol–water partition coefficient (Wildman–Crippen LogP) is 5.48. The van der Waals surface area contributed by atoms with E-state index < -0.39 is 11.7 Å². The molecule has 0 radical (unpaired) electrons. The second-order valence-corrected chi connectivity index (χ2v) is 7.62. The zero-order chi connectivity index (χ0) is 22.0. The first kappa shape index (κ1) is 20.9.